The highest BCUT2D eigenvalue weighted by atomic mass is 16.5. The van der Waals surface area contributed by atoms with Gasteiger partial charge in [0.15, 0.2) is 0 Å². The zero-order chi connectivity index (χ0) is 11.9. The van der Waals surface area contributed by atoms with Gasteiger partial charge in [-0.25, -0.2) is 0 Å². The minimum atomic E-state index is 0.00140. The monoisotopic (exact) mass is 229 g/mol. The van der Waals surface area contributed by atoms with Crippen molar-refractivity contribution in [3.8, 4) is 0 Å². The van der Waals surface area contributed by atoms with Gasteiger partial charge in [0, 0.05) is 18.7 Å². The Labute approximate surface area is 99.6 Å². The summed E-state index contributed by atoms with van der Waals surface area (Å²) in [5.41, 5.74) is 0.00140. The van der Waals surface area contributed by atoms with E-state index in [-0.39, 0.29) is 12.1 Å². The van der Waals surface area contributed by atoms with Crippen LogP contribution in [0.25, 0.3) is 0 Å². The Morgan fingerprint density at radius 3 is 2.50 bits per heavy atom. The lowest BCUT2D eigenvalue weighted by Gasteiger charge is -2.28. The summed E-state index contributed by atoms with van der Waals surface area (Å²) < 4.78 is 5.55. The molecule has 0 aromatic heterocycles. The van der Waals surface area contributed by atoms with Crippen LogP contribution < -0.4 is 5.32 Å². The van der Waals surface area contributed by atoms with Gasteiger partial charge < -0.3 is 15.2 Å². The minimum Gasteiger partial charge on any atom is -0.394 e. The SMILES string of the molecule is CC(C)CCOCCNC1(CO)CCCC1. The van der Waals surface area contributed by atoms with Crippen LogP contribution in [-0.2, 0) is 4.74 Å². The summed E-state index contributed by atoms with van der Waals surface area (Å²) in [6.45, 7) is 7.15. The predicted molar refractivity (Wildman–Crippen MR) is 66.6 cm³/mol. The van der Waals surface area contributed by atoms with E-state index in [0.717, 1.165) is 39.0 Å². The Morgan fingerprint density at radius 1 is 1.25 bits per heavy atom. The molecular formula is C13H27NO2. The zero-order valence-corrected chi connectivity index (χ0v) is 10.8. The number of aliphatic hydroxyl groups excluding tert-OH is 1. The molecular weight excluding hydrogens is 202 g/mol. The third-order valence-electron chi connectivity index (χ3n) is 3.45. The maximum absolute atomic E-state index is 9.39. The second-order valence-corrected chi connectivity index (χ2v) is 5.37. The third kappa shape index (κ3) is 4.81. The van der Waals surface area contributed by atoms with E-state index in [1.54, 1.807) is 0 Å². The van der Waals surface area contributed by atoms with E-state index in [9.17, 15) is 5.11 Å². The van der Waals surface area contributed by atoms with Crippen LogP contribution in [-0.4, -0.2) is 37.0 Å². The van der Waals surface area contributed by atoms with E-state index < -0.39 is 0 Å². The van der Waals surface area contributed by atoms with Crippen molar-refractivity contribution in [2.75, 3.05) is 26.4 Å². The van der Waals surface area contributed by atoms with E-state index in [0.29, 0.717) is 5.92 Å². The van der Waals surface area contributed by atoms with Crippen molar-refractivity contribution in [1.29, 1.82) is 0 Å². The molecule has 0 aromatic carbocycles. The molecule has 0 amide bonds. The molecule has 0 bridgehead atoms. The number of rotatable bonds is 8. The maximum Gasteiger partial charge on any atom is 0.0613 e. The topological polar surface area (TPSA) is 41.5 Å². The quantitative estimate of drug-likeness (QED) is 0.625. The van der Waals surface area contributed by atoms with Gasteiger partial charge in [-0.15, -0.1) is 0 Å². The summed E-state index contributed by atoms with van der Waals surface area (Å²) in [7, 11) is 0. The zero-order valence-electron chi connectivity index (χ0n) is 10.8. The van der Waals surface area contributed by atoms with Crippen LogP contribution in [0.2, 0.25) is 0 Å². The number of ether oxygens (including phenoxy) is 1. The molecule has 0 spiro atoms. The van der Waals surface area contributed by atoms with Crippen LogP contribution in [0.15, 0.2) is 0 Å². The highest BCUT2D eigenvalue weighted by molar-refractivity contribution is 4.91. The van der Waals surface area contributed by atoms with Crippen LogP contribution in [0.5, 0.6) is 0 Å². The normalized spacial score (nSPS) is 19.5. The van der Waals surface area contributed by atoms with Crippen molar-refractivity contribution in [2.45, 2.75) is 51.5 Å². The van der Waals surface area contributed by atoms with Gasteiger partial charge in [-0.05, 0) is 25.2 Å². The second-order valence-electron chi connectivity index (χ2n) is 5.37. The van der Waals surface area contributed by atoms with E-state index in [4.69, 9.17) is 4.74 Å². The summed E-state index contributed by atoms with van der Waals surface area (Å²) in [4.78, 5) is 0. The summed E-state index contributed by atoms with van der Waals surface area (Å²) in [5.74, 6) is 0.714. The number of aliphatic hydroxyl groups is 1. The second kappa shape index (κ2) is 7.25. The molecule has 0 aromatic rings. The van der Waals surface area contributed by atoms with Gasteiger partial charge in [-0.1, -0.05) is 26.7 Å². The largest absolute Gasteiger partial charge is 0.394 e. The number of hydrogen-bond acceptors (Lipinski definition) is 3. The molecule has 3 heteroatoms. The Bertz CT molecular complexity index is 177. The van der Waals surface area contributed by atoms with Crippen LogP contribution >= 0.6 is 0 Å². The molecule has 3 nitrogen and oxygen atoms in total. The molecule has 1 aliphatic rings. The number of nitrogens with one attached hydrogen (secondary N) is 1. The fourth-order valence-electron chi connectivity index (χ4n) is 2.25. The maximum atomic E-state index is 9.39. The van der Waals surface area contributed by atoms with Gasteiger partial charge in [0.1, 0.15) is 0 Å². The van der Waals surface area contributed by atoms with E-state index in [1.807, 2.05) is 0 Å². The van der Waals surface area contributed by atoms with Crippen LogP contribution in [0.3, 0.4) is 0 Å². The van der Waals surface area contributed by atoms with Gasteiger partial charge in [-0.2, -0.15) is 0 Å². The fraction of sp³-hybridized carbons (Fsp3) is 1.00. The summed E-state index contributed by atoms with van der Waals surface area (Å²) >= 11 is 0. The lowest BCUT2D eigenvalue weighted by atomic mass is 9.99. The van der Waals surface area contributed by atoms with Crippen molar-refractivity contribution in [1.82, 2.24) is 5.32 Å². The van der Waals surface area contributed by atoms with Gasteiger partial charge in [-0.3, -0.25) is 0 Å². The lowest BCUT2D eigenvalue weighted by Crippen LogP contribution is -2.47. The molecule has 1 saturated carbocycles. The van der Waals surface area contributed by atoms with Crippen molar-refractivity contribution in [3.63, 3.8) is 0 Å². The standard InChI is InChI=1S/C13H27NO2/c1-12(2)5-9-16-10-8-14-13(11-15)6-3-4-7-13/h12,14-15H,3-11H2,1-2H3. The Morgan fingerprint density at radius 2 is 1.94 bits per heavy atom. The lowest BCUT2D eigenvalue weighted by molar-refractivity contribution is 0.106. The molecule has 0 atom stereocenters. The highest BCUT2D eigenvalue weighted by Gasteiger charge is 2.31. The van der Waals surface area contributed by atoms with E-state index >= 15 is 0 Å². The Hall–Kier alpha value is -0.120. The van der Waals surface area contributed by atoms with Crippen molar-refractivity contribution < 1.29 is 9.84 Å². The van der Waals surface area contributed by atoms with Crippen LogP contribution in [0.1, 0.15) is 46.0 Å². The smallest absolute Gasteiger partial charge is 0.0613 e. The van der Waals surface area contributed by atoms with Gasteiger partial charge in [0.2, 0.25) is 0 Å². The van der Waals surface area contributed by atoms with Crippen molar-refractivity contribution in [2.24, 2.45) is 5.92 Å². The summed E-state index contributed by atoms with van der Waals surface area (Å²) in [5, 5.41) is 12.8. The molecule has 1 aliphatic carbocycles. The van der Waals surface area contributed by atoms with Gasteiger partial charge in [0.05, 0.1) is 13.2 Å². The van der Waals surface area contributed by atoms with Crippen LogP contribution in [0.4, 0.5) is 0 Å². The third-order valence-corrected chi connectivity index (χ3v) is 3.45. The number of hydrogen-bond donors (Lipinski definition) is 2. The van der Waals surface area contributed by atoms with E-state index in [1.165, 1.54) is 12.8 Å². The molecule has 1 rings (SSSR count). The fourth-order valence-corrected chi connectivity index (χ4v) is 2.25. The predicted octanol–water partition coefficient (Wildman–Crippen LogP) is 1.94. The molecule has 16 heavy (non-hydrogen) atoms. The first-order valence-corrected chi connectivity index (χ1v) is 6.62. The molecule has 0 unspecified atom stereocenters. The van der Waals surface area contributed by atoms with E-state index in [2.05, 4.69) is 19.2 Å². The molecule has 2 N–H and O–H groups in total. The Kier molecular flexibility index (Phi) is 6.32. The summed E-state index contributed by atoms with van der Waals surface area (Å²) in [6, 6.07) is 0. The summed E-state index contributed by atoms with van der Waals surface area (Å²) in [6.07, 6.45) is 5.82. The highest BCUT2D eigenvalue weighted by Crippen LogP contribution is 2.28. The molecule has 0 saturated heterocycles. The molecule has 1 fully saturated rings. The molecule has 0 aliphatic heterocycles. The van der Waals surface area contributed by atoms with Gasteiger partial charge in [0.25, 0.3) is 0 Å². The first kappa shape index (κ1) is 13.9. The van der Waals surface area contributed by atoms with Crippen molar-refractivity contribution in [3.05, 3.63) is 0 Å². The van der Waals surface area contributed by atoms with Gasteiger partial charge >= 0.3 is 0 Å². The Balaban J connectivity index is 2.01. The molecule has 0 heterocycles. The molecule has 0 radical (unpaired) electrons. The molecule has 96 valence electrons. The first-order chi connectivity index (χ1) is 7.68. The minimum absolute atomic E-state index is 0.00140. The average Bonchev–Trinajstić information content (AvgIpc) is 2.72. The first-order valence-electron chi connectivity index (χ1n) is 6.62. The van der Waals surface area contributed by atoms with Crippen LogP contribution in [0, 0.1) is 5.92 Å². The average molecular weight is 229 g/mol. The van der Waals surface area contributed by atoms with Crippen molar-refractivity contribution >= 4 is 0 Å².